The number of hydrogen-bond acceptors (Lipinski definition) is 6. The lowest BCUT2D eigenvalue weighted by molar-refractivity contribution is 0.439. The summed E-state index contributed by atoms with van der Waals surface area (Å²) >= 11 is 1.56. The third kappa shape index (κ3) is 1.76. The number of pyridine rings is 1. The van der Waals surface area contributed by atoms with Gasteiger partial charge in [-0.3, -0.25) is 4.98 Å². The van der Waals surface area contributed by atoms with E-state index in [2.05, 4.69) is 15.1 Å². The molecule has 0 radical (unpaired) electrons. The number of aromatic nitrogens is 3. The normalized spacial score (nSPS) is 10.7. The Morgan fingerprint density at radius 3 is 2.72 bits per heavy atom. The van der Waals surface area contributed by atoms with Crippen molar-refractivity contribution in [1.29, 1.82) is 0 Å². The second-order valence-corrected chi connectivity index (χ2v) is 4.98. The van der Waals surface area contributed by atoms with Gasteiger partial charge in [0.2, 0.25) is 5.88 Å². The molecule has 90 valence electrons. The van der Waals surface area contributed by atoms with Crippen LogP contribution >= 0.6 is 11.3 Å². The Hall–Kier alpha value is -2.21. The Balaban J connectivity index is 2.18. The van der Waals surface area contributed by atoms with Crippen LogP contribution in [0.1, 0.15) is 5.01 Å². The van der Waals surface area contributed by atoms with E-state index in [1.54, 1.807) is 29.9 Å². The SMILES string of the molecule is Cc1ncc(-c2noc(N)c2-c2ccncc2)s1. The summed E-state index contributed by atoms with van der Waals surface area (Å²) in [7, 11) is 0. The maximum absolute atomic E-state index is 5.85. The highest BCUT2D eigenvalue weighted by Crippen LogP contribution is 2.37. The van der Waals surface area contributed by atoms with Crippen molar-refractivity contribution in [2.24, 2.45) is 0 Å². The van der Waals surface area contributed by atoms with E-state index in [0.717, 1.165) is 26.7 Å². The van der Waals surface area contributed by atoms with E-state index < -0.39 is 0 Å². The van der Waals surface area contributed by atoms with Gasteiger partial charge in [0.15, 0.2) is 0 Å². The molecule has 0 aliphatic rings. The van der Waals surface area contributed by atoms with Crippen molar-refractivity contribution in [3.8, 4) is 21.7 Å². The molecule has 0 saturated heterocycles. The molecule has 3 heterocycles. The third-order valence-electron chi connectivity index (χ3n) is 2.54. The largest absolute Gasteiger partial charge is 0.367 e. The number of aryl methyl sites for hydroxylation is 1. The van der Waals surface area contributed by atoms with Crippen molar-refractivity contribution in [3.63, 3.8) is 0 Å². The fourth-order valence-corrected chi connectivity index (χ4v) is 2.50. The number of anilines is 1. The molecule has 0 aliphatic heterocycles. The van der Waals surface area contributed by atoms with Gasteiger partial charge in [0, 0.05) is 18.6 Å². The van der Waals surface area contributed by atoms with Crippen LogP contribution in [0.15, 0.2) is 35.2 Å². The fraction of sp³-hybridized carbons (Fsp3) is 0.0833. The topological polar surface area (TPSA) is 77.8 Å². The van der Waals surface area contributed by atoms with Crippen LogP contribution in [-0.4, -0.2) is 15.1 Å². The minimum atomic E-state index is 0.308. The minimum absolute atomic E-state index is 0.308. The molecule has 0 amide bonds. The molecule has 2 N–H and O–H groups in total. The highest BCUT2D eigenvalue weighted by Gasteiger charge is 2.18. The van der Waals surface area contributed by atoms with Gasteiger partial charge in [0.05, 0.1) is 15.4 Å². The highest BCUT2D eigenvalue weighted by atomic mass is 32.1. The van der Waals surface area contributed by atoms with E-state index in [1.165, 1.54) is 0 Å². The third-order valence-corrected chi connectivity index (χ3v) is 3.46. The lowest BCUT2D eigenvalue weighted by Gasteiger charge is -1.99. The van der Waals surface area contributed by atoms with Gasteiger partial charge in [-0.05, 0) is 24.6 Å². The van der Waals surface area contributed by atoms with Crippen LogP contribution in [-0.2, 0) is 0 Å². The standard InChI is InChI=1S/C12H10N4OS/c1-7-15-6-9(18-7)11-10(12(13)17-16-11)8-2-4-14-5-3-8/h2-6H,13H2,1H3. The molecule has 0 fully saturated rings. The van der Waals surface area contributed by atoms with Crippen molar-refractivity contribution in [3.05, 3.63) is 35.7 Å². The highest BCUT2D eigenvalue weighted by molar-refractivity contribution is 7.15. The van der Waals surface area contributed by atoms with E-state index in [0.29, 0.717) is 5.88 Å². The maximum atomic E-state index is 5.85. The lowest BCUT2D eigenvalue weighted by atomic mass is 10.1. The van der Waals surface area contributed by atoms with Crippen LogP contribution < -0.4 is 5.73 Å². The smallest absolute Gasteiger partial charge is 0.230 e. The molecule has 0 aliphatic carbocycles. The fourth-order valence-electron chi connectivity index (χ4n) is 1.74. The Bertz CT molecular complexity index is 674. The molecule has 6 heteroatoms. The molecule has 18 heavy (non-hydrogen) atoms. The van der Waals surface area contributed by atoms with Gasteiger partial charge in [0.25, 0.3) is 0 Å². The van der Waals surface area contributed by atoms with Crippen LogP contribution in [0.4, 0.5) is 5.88 Å². The van der Waals surface area contributed by atoms with Gasteiger partial charge in [-0.2, -0.15) is 0 Å². The summed E-state index contributed by atoms with van der Waals surface area (Å²) < 4.78 is 5.10. The molecule has 0 aromatic carbocycles. The van der Waals surface area contributed by atoms with Crippen LogP contribution in [0, 0.1) is 6.92 Å². The van der Waals surface area contributed by atoms with Crippen molar-refractivity contribution in [2.75, 3.05) is 5.73 Å². The summed E-state index contributed by atoms with van der Waals surface area (Å²) in [5, 5.41) is 5.00. The zero-order valence-electron chi connectivity index (χ0n) is 9.62. The molecular formula is C12H10N4OS. The van der Waals surface area contributed by atoms with E-state index in [1.807, 2.05) is 19.1 Å². The molecule has 0 bridgehead atoms. The summed E-state index contributed by atoms with van der Waals surface area (Å²) in [6.45, 7) is 1.95. The van der Waals surface area contributed by atoms with Crippen molar-refractivity contribution in [2.45, 2.75) is 6.92 Å². The first-order valence-electron chi connectivity index (χ1n) is 5.34. The van der Waals surface area contributed by atoms with Gasteiger partial charge in [-0.1, -0.05) is 5.16 Å². The molecule has 3 aromatic heterocycles. The van der Waals surface area contributed by atoms with Gasteiger partial charge >= 0.3 is 0 Å². The van der Waals surface area contributed by atoms with Gasteiger partial charge in [-0.25, -0.2) is 4.98 Å². The van der Waals surface area contributed by atoms with Crippen LogP contribution in [0.25, 0.3) is 21.7 Å². The molecule has 3 aromatic rings. The summed E-state index contributed by atoms with van der Waals surface area (Å²) in [6, 6.07) is 3.75. The van der Waals surface area contributed by atoms with Crippen LogP contribution in [0.2, 0.25) is 0 Å². The summed E-state index contributed by atoms with van der Waals surface area (Å²) in [5.74, 6) is 0.308. The quantitative estimate of drug-likeness (QED) is 0.764. The number of rotatable bonds is 2. The Morgan fingerprint density at radius 2 is 2.06 bits per heavy atom. The van der Waals surface area contributed by atoms with E-state index >= 15 is 0 Å². The average Bonchev–Trinajstić information content (AvgIpc) is 2.96. The lowest BCUT2D eigenvalue weighted by Crippen LogP contribution is -1.86. The molecular weight excluding hydrogens is 248 g/mol. The Kier molecular flexibility index (Phi) is 2.56. The van der Waals surface area contributed by atoms with Gasteiger partial charge in [0.1, 0.15) is 5.69 Å². The maximum Gasteiger partial charge on any atom is 0.230 e. The number of hydrogen-bond donors (Lipinski definition) is 1. The first kappa shape index (κ1) is 10.9. The number of nitrogens with two attached hydrogens (primary N) is 1. The summed E-state index contributed by atoms with van der Waals surface area (Å²) in [4.78, 5) is 9.15. The molecule has 0 unspecified atom stereocenters. The molecule has 0 saturated carbocycles. The zero-order chi connectivity index (χ0) is 12.5. The Morgan fingerprint density at radius 1 is 1.28 bits per heavy atom. The van der Waals surface area contributed by atoms with E-state index in [4.69, 9.17) is 10.3 Å². The predicted molar refractivity (Wildman–Crippen MR) is 70.0 cm³/mol. The van der Waals surface area contributed by atoms with Crippen molar-refractivity contribution in [1.82, 2.24) is 15.1 Å². The number of nitrogens with zero attached hydrogens (tertiary/aromatic N) is 3. The zero-order valence-corrected chi connectivity index (χ0v) is 10.4. The van der Waals surface area contributed by atoms with Crippen LogP contribution in [0.5, 0.6) is 0 Å². The summed E-state index contributed by atoms with van der Waals surface area (Å²) in [6.07, 6.45) is 5.20. The Labute approximate surface area is 107 Å². The first-order valence-corrected chi connectivity index (χ1v) is 6.15. The minimum Gasteiger partial charge on any atom is -0.367 e. The molecule has 0 spiro atoms. The van der Waals surface area contributed by atoms with Gasteiger partial charge in [-0.15, -0.1) is 11.3 Å². The monoisotopic (exact) mass is 258 g/mol. The van der Waals surface area contributed by atoms with Crippen molar-refractivity contribution >= 4 is 17.2 Å². The van der Waals surface area contributed by atoms with E-state index in [-0.39, 0.29) is 0 Å². The molecule has 3 rings (SSSR count). The van der Waals surface area contributed by atoms with E-state index in [9.17, 15) is 0 Å². The average molecular weight is 258 g/mol. The first-order chi connectivity index (χ1) is 8.75. The predicted octanol–water partition coefficient (Wildman–Crippen LogP) is 2.75. The van der Waals surface area contributed by atoms with Gasteiger partial charge < -0.3 is 10.3 Å². The summed E-state index contributed by atoms with van der Waals surface area (Å²) in [5.41, 5.74) is 8.31. The number of thiazole rings is 1. The van der Waals surface area contributed by atoms with Crippen molar-refractivity contribution < 1.29 is 4.52 Å². The molecule has 0 atom stereocenters. The molecule has 5 nitrogen and oxygen atoms in total. The second kappa shape index (κ2) is 4.23. The second-order valence-electron chi connectivity index (χ2n) is 3.75. The van der Waals surface area contributed by atoms with Crippen LogP contribution in [0.3, 0.4) is 0 Å². The number of nitrogen functional groups attached to an aromatic ring is 1.